The Bertz CT molecular complexity index is 242. The topological polar surface area (TPSA) is 70.7 Å². The SMILES string of the molecule is CC(C)CC(=O)Nc1ncn[nH]1. The van der Waals surface area contributed by atoms with Crippen LogP contribution in [0.3, 0.4) is 0 Å². The third-order valence-corrected chi connectivity index (χ3v) is 1.27. The fourth-order valence-corrected chi connectivity index (χ4v) is 0.820. The van der Waals surface area contributed by atoms with Gasteiger partial charge in [-0.2, -0.15) is 10.1 Å². The van der Waals surface area contributed by atoms with Crippen molar-refractivity contribution in [2.75, 3.05) is 5.32 Å². The average Bonchev–Trinajstić information content (AvgIpc) is 2.37. The summed E-state index contributed by atoms with van der Waals surface area (Å²) >= 11 is 0. The summed E-state index contributed by atoms with van der Waals surface area (Å²) < 4.78 is 0. The second-order valence-electron chi connectivity index (χ2n) is 2.98. The molecule has 0 atom stereocenters. The lowest BCUT2D eigenvalue weighted by Crippen LogP contribution is -2.14. The molecule has 0 aliphatic carbocycles. The molecule has 0 saturated carbocycles. The van der Waals surface area contributed by atoms with Crippen LogP contribution in [0.1, 0.15) is 20.3 Å². The van der Waals surface area contributed by atoms with E-state index in [-0.39, 0.29) is 5.91 Å². The number of carbonyl (C=O) groups excluding carboxylic acids is 1. The summed E-state index contributed by atoms with van der Waals surface area (Å²) in [5, 5.41) is 8.74. The first-order chi connectivity index (χ1) is 5.68. The minimum absolute atomic E-state index is 0.0400. The van der Waals surface area contributed by atoms with E-state index >= 15 is 0 Å². The number of hydrogen-bond acceptors (Lipinski definition) is 3. The zero-order chi connectivity index (χ0) is 8.97. The molecular formula is C7H12N4O. The largest absolute Gasteiger partial charge is 0.295 e. The van der Waals surface area contributed by atoms with E-state index in [1.54, 1.807) is 0 Å². The van der Waals surface area contributed by atoms with Crippen molar-refractivity contribution in [3.8, 4) is 0 Å². The molecule has 2 N–H and O–H groups in total. The van der Waals surface area contributed by atoms with Gasteiger partial charge >= 0.3 is 0 Å². The monoisotopic (exact) mass is 168 g/mol. The molecule has 1 amide bonds. The third kappa shape index (κ3) is 2.69. The van der Waals surface area contributed by atoms with Crippen molar-refractivity contribution in [3.63, 3.8) is 0 Å². The van der Waals surface area contributed by atoms with Gasteiger partial charge in [0.05, 0.1) is 0 Å². The van der Waals surface area contributed by atoms with E-state index in [1.807, 2.05) is 13.8 Å². The molecule has 1 aromatic rings. The van der Waals surface area contributed by atoms with Crippen LogP contribution in [0.2, 0.25) is 0 Å². The van der Waals surface area contributed by atoms with Gasteiger partial charge in [-0.3, -0.25) is 10.1 Å². The van der Waals surface area contributed by atoms with Crippen LogP contribution in [-0.4, -0.2) is 21.1 Å². The van der Waals surface area contributed by atoms with Crippen LogP contribution in [0.15, 0.2) is 6.33 Å². The van der Waals surface area contributed by atoms with Crippen LogP contribution in [0.25, 0.3) is 0 Å². The Morgan fingerprint density at radius 2 is 2.50 bits per heavy atom. The molecule has 0 unspecified atom stereocenters. The van der Waals surface area contributed by atoms with E-state index in [1.165, 1.54) is 6.33 Å². The van der Waals surface area contributed by atoms with Crippen molar-refractivity contribution in [3.05, 3.63) is 6.33 Å². The molecule has 1 heterocycles. The quantitative estimate of drug-likeness (QED) is 0.700. The Kier molecular flexibility index (Phi) is 2.79. The standard InChI is InChI=1S/C7H12N4O/c1-5(2)3-6(12)10-7-8-4-9-11-7/h4-5H,3H2,1-2H3,(H2,8,9,10,11,12). The van der Waals surface area contributed by atoms with E-state index in [2.05, 4.69) is 20.5 Å². The zero-order valence-corrected chi connectivity index (χ0v) is 7.16. The fourth-order valence-electron chi connectivity index (χ4n) is 0.820. The van der Waals surface area contributed by atoms with E-state index in [4.69, 9.17) is 0 Å². The first-order valence-electron chi connectivity index (χ1n) is 3.83. The Morgan fingerprint density at radius 1 is 1.75 bits per heavy atom. The number of aromatic nitrogens is 3. The van der Waals surface area contributed by atoms with Crippen molar-refractivity contribution < 1.29 is 4.79 Å². The molecule has 5 heteroatoms. The summed E-state index contributed by atoms with van der Waals surface area (Å²) in [6, 6.07) is 0. The molecule has 5 nitrogen and oxygen atoms in total. The summed E-state index contributed by atoms with van der Waals surface area (Å²) in [7, 11) is 0. The number of H-pyrrole nitrogens is 1. The molecule has 1 aromatic heterocycles. The smallest absolute Gasteiger partial charge is 0.226 e. The van der Waals surface area contributed by atoms with Crippen LogP contribution in [-0.2, 0) is 4.79 Å². The number of amides is 1. The molecular weight excluding hydrogens is 156 g/mol. The highest BCUT2D eigenvalue weighted by Gasteiger charge is 2.05. The minimum atomic E-state index is -0.0400. The average molecular weight is 168 g/mol. The Balaban J connectivity index is 2.37. The Hall–Kier alpha value is -1.39. The first kappa shape index (κ1) is 8.70. The van der Waals surface area contributed by atoms with E-state index in [0.29, 0.717) is 18.3 Å². The number of nitrogens with one attached hydrogen (secondary N) is 2. The number of carbonyl (C=O) groups is 1. The van der Waals surface area contributed by atoms with Crippen molar-refractivity contribution in [1.29, 1.82) is 0 Å². The molecule has 0 spiro atoms. The number of nitrogens with zero attached hydrogens (tertiary/aromatic N) is 2. The summed E-state index contributed by atoms with van der Waals surface area (Å²) in [4.78, 5) is 14.9. The number of aromatic amines is 1. The molecule has 0 aromatic carbocycles. The van der Waals surface area contributed by atoms with Crippen LogP contribution >= 0.6 is 0 Å². The van der Waals surface area contributed by atoms with Crippen molar-refractivity contribution >= 4 is 11.9 Å². The van der Waals surface area contributed by atoms with Gasteiger partial charge in [0.15, 0.2) is 0 Å². The maximum absolute atomic E-state index is 11.1. The molecule has 0 aliphatic rings. The normalized spacial score (nSPS) is 10.2. The number of rotatable bonds is 3. The van der Waals surface area contributed by atoms with Crippen LogP contribution in [0, 0.1) is 5.92 Å². The lowest BCUT2D eigenvalue weighted by atomic mass is 10.1. The Labute approximate surface area is 70.6 Å². The number of hydrogen-bond donors (Lipinski definition) is 2. The highest BCUT2D eigenvalue weighted by atomic mass is 16.1. The zero-order valence-electron chi connectivity index (χ0n) is 7.16. The van der Waals surface area contributed by atoms with Gasteiger partial charge in [0.1, 0.15) is 6.33 Å². The second-order valence-corrected chi connectivity index (χ2v) is 2.98. The molecule has 0 aliphatic heterocycles. The Morgan fingerprint density at radius 3 is 3.00 bits per heavy atom. The van der Waals surface area contributed by atoms with E-state index in [9.17, 15) is 4.79 Å². The van der Waals surface area contributed by atoms with Gasteiger partial charge in [-0.1, -0.05) is 13.8 Å². The molecule has 66 valence electrons. The first-order valence-corrected chi connectivity index (χ1v) is 3.83. The van der Waals surface area contributed by atoms with Crippen LogP contribution < -0.4 is 5.32 Å². The predicted molar refractivity (Wildman–Crippen MR) is 44.5 cm³/mol. The van der Waals surface area contributed by atoms with Crippen molar-refractivity contribution in [2.24, 2.45) is 5.92 Å². The fraction of sp³-hybridized carbons (Fsp3) is 0.571. The lowest BCUT2D eigenvalue weighted by molar-refractivity contribution is -0.116. The maximum atomic E-state index is 11.1. The molecule has 1 rings (SSSR count). The van der Waals surface area contributed by atoms with Gasteiger partial charge in [-0.05, 0) is 5.92 Å². The van der Waals surface area contributed by atoms with E-state index < -0.39 is 0 Å². The van der Waals surface area contributed by atoms with Gasteiger partial charge in [0.2, 0.25) is 11.9 Å². The molecule has 12 heavy (non-hydrogen) atoms. The van der Waals surface area contributed by atoms with Gasteiger partial charge in [0.25, 0.3) is 0 Å². The molecule has 0 fully saturated rings. The summed E-state index contributed by atoms with van der Waals surface area (Å²) in [5.74, 6) is 0.718. The van der Waals surface area contributed by atoms with Gasteiger partial charge in [-0.25, -0.2) is 5.10 Å². The third-order valence-electron chi connectivity index (χ3n) is 1.27. The highest BCUT2D eigenvalue weighted by molar-refractivity contribution is 5.88. The summed E-state index contributed by atoms with van der Waals surface area (Å²) in [5.41, 5.74) is 0. The van der Waals surface area contributed by atoms with Crippen molar-refractivity contribution in [1.82, 2.24) is 15.2 Å². The molecule has 0 bridgehead atoms. The van der Waals surface area contributed by atoms with Gasteiger partial charge in [0, 0.05) is 6.42 Å². The number of anilines is 1. The highest BCUT2D eigenvalue weighted by Crippen LogP contribution is 2.01. The lowest BCUT2D eigenvalue weighted by Gasteiger charge is -2.02. The second kappa shape index (κ2) is 3.85. The van der Waals surface area contributed by atoms with Crippen LogP contribution in [0.5, 0.6) is 0 Å². The van der Waals surface area contributed by atoms with Gasteiger partial charge in [-0.15, -0.1) is 0 Å². The van der Waals surface area contributed by atoms with Crippen molar-refractivity contribution in [2.45, 2.75) is 20.3 Å². The summed E-state index contributed by atoms with van der Waals surface area (Å²) in [6.45, 7) is 3.97. The summed E-state index contributed by atoms with van der Waals surface area (Å²) in [6.07, 6.45) is 1.85. The minimum Gasteiger partial charge on any atom is -0.295 e. The maximum Gasteiger partial charge on any atom is 0.226 e. The van der Waals surface area contributed by atoms with Gasteiger partial charge < -0.3 is 0 Å². The van der Waals surface area contributed by atoms with E-state index in [0.717, 1.165) is 0 Å². The molecule has 0 radical (unpaired) electrons. The van der Waals surface area contributed by atoms with Crippen LogP contribution in [0.4, 0.5) is 5.95 Å². The molecule has 0 saturated heterocycles. The predicted octanol–water partition coefficient (Wildman–Crippen LogP) is 0.789.